The molecule has 21 heteroatoms. The zero-order chi connectivity index (χ0) is 38.0. The number of aliphatic hydroxyl groups is 2. The number of aromatic nitrogens is 2. The Morgan fingerprint density at radius 2 is 1.42 bits per heavy atom. The lowest BCUT2D eigenvalue weighted by Gasteiger charge is -2.27. The van der Waals surface area contributed by atoms with Crippen molar-refractivity contribution >= 4 is 47.3 Å². The zero-order valence-electron chi connectivity index (χ0n) is 28.3. The van der Waals surface area contributed by atoms with E-state index in [4.69, 9.17) is 22.9 Å². The van der Waals surface area contributed by atoms with Crippen LogP contribution in [0.4, 0.5) is 0 Å². The van der Waals surface area contributed by atoms with Crippen molar-refractivity contribution in [3.05, 3.63) is 18.2 Å². The quantitative estimate of drug-likeness (QED) is 0.0288. The highest BCUT2D eigenvalue weighted by molar-refractivity contribution is 5.97. The van der Waals surface area contributed by atoms with Crippen molar-refractivity contribution in [1.82, 2.24) is 36.6 Å². The minimum Gasteiger partial charge on any atom is -0.394 e. The van der Waals surface area contributed by atoms with Crippen molar-refractivity contribution in [2.24, 2.45) is 33.8 Å². The molecule has 0 aliphatic carbocycles. The summed E-state index contributed by atoms with van der Waals surface area (Å²) in [6.45, 7) is 4.13. The molecule has 6 unspecified atom stereocenters. The number of imidazole rings is 1. The van der Waals surface area contributed by atoms with Crippen LogP contribution in [0.3, 0.4) is 0 Å². The predicted molar refractivity (Wildman–Crippen MR) is 178 cm³/mol. The molecule has 7 amide bonds. The molecule has 280 valence electrons. The molecule has 1 aromatic heterocycles. The van der Waals surface area contributed by atoms with Crippen LogP contribution in [-0.4, -0.2) is 117 Å². The number of rotatable bonds is 23. The summed E-state index contributed by atoms with van der Waals surface area (Å²) < 4.78 is 0. The van der Waals surface area contributed by atoms with Gasteiger partial charge in [-0.3, -0.25) is 38.6 Å². The molecule has 50 heavy (non-hydrogen) atoms. The second kappa shape index (κ2) is 21.6. The van der Waals surface area contributed by atoms with Crippen LogP contribution < -0.4 is 49.5 Å². The Hall–Kier alpha value is -5.31. The molecule has 21 nitrogen and oxygen atoms in total. The fourth-order valence-corrected chi connectivity index (χ4v) is 4.37. The molecule has 0 aromatic carbocycles. The van der Waals surface area contributed by atoms with Crippen molar-refractivity contribution in [1.29, 1.82) is 0 Å². The van der Waals surface area contributed by atoms with E-state index in [2.05, 4.69) is 41.5 Å². The summed E-state index contributed by atoms with van der Waals surface area (Å²) >= 11 is 0. The first-order chi connectivity index (χ1) is 23.4. The lowest BCUT2D eigenvalue weighted by atomic mass is 10.1. The number of nitrogens with zero attached hydrogens (tertiary/aromatic N) is 2. The maximum atomic E-state index is 13.3. The van der Waals surface area contributed by atoms with Gasteiger partial charge in [-0.1, -0.05) is 13.8 Å². The maximum Gasteiger partial charge on any atom is 0.245 e. The largest absolute Gasteiger partial charge is 0.394 e. The number of primary amides is 2. The van der Waals surface area contributed by atoms with Gasteiger partial charge in [0.05, 0.1) is 25.5 Å². The first-order valence-corrected chi connectivity index (χ1v) is 15.8. The highest BCUT2D eigenvalue weighted by Crippen LogP contribution is 2.07. The predicted octanol–water partition coefficient (Wildman–Crippen LogP) is -5.40. The summed E-state index contributed by atoms with van der Waals surface area (Å²) in [5.41, 5.74) is 21.5. The summed E-state index contributed by atoms with van der Waals surface area (Å²) in [6.07, 6.45) is 1.32. The molecule has 0 saturated carbocycles. The van der Waals surface area contributed by atoms with Gasteiger partial charge < -0.3 is 64.7 Å². The molecule has 0 aliphatic rings. The molecule has 0 fully saturated rings. The summed E-state index contributed by atoms with van der Waals surface area (Å²) in [4.78, 5) is 99.0. The van der Waals surface area contributed by atoms with Gasteiger partial charge in [0.15, 0.2) is 5.96 Å². The molecular weight excluding hydrogens is 660 g/mol. The van der Waals surface area contributed by atoms with E-state index >= 15 is 0 Å². The van der Waals surface area contributed by atoms with Gasteiger partial charge in [-0.25, -0.2) is 4.98 Å². The molecule has 0 spiro atoms. The van der Waals surface area contributed by atoms with E-state index < -0.39 is 90.7 Å². The number of hydrogen-bond donors (Lipinski definition) is 12. The Morgan fingerprint density at radius 1 is 0.820 bits per heavy atom. The number of guanidine groups is 1. The number of H-pyrrole nitrogens is 1. The van der Waals surface area contributed by atoms with Gasteiger partial charge in [0.2, 0.25) is 41.4 Å². The average Bonchev–Trinajstić information content (AvgIpc) is 3.54. The molecule has 1 rings (SSSR count). The van der Waals surface area contributed by atoms with E-state index in [0.29, 0.717) is 12.1 Å². The van der Waals surface area contributed by atoms with Crippen molar-refractivity contribution in [2.75, 3.05) is 13.2 Å². The van der Waals surface area contributed by atoms with Crippen molar-refractivity contribution in [3.8, 4) is 0 Å². The van der Waals surface area contributed by atoms with Gasteiger partial charge in [0, 0.05) is 31.3 Å². The van der Waals surface area contributed by atoms with Gasteiger partial charge in [0.1, 0.15) is 30.2 Å². The molecule has 16 N–H and O–H groups in total. The van der Waals surface area contributed by atoms with Crippen LogP contribution in [0.1, 0.15) is 58.6 Å². The van der Waals surface area contributed by atoms with Crippen LogP contribution in [0.5, 0.6) is 0 Å². The molecule has 6 atom stereocenters. The number of aliphatic hydroxyl groups excluding tert-OH is 2. The third kappa shape index (κ3) is 16.2. The van der Waals surface area contributed by atoms with E-state index in [1.165, 1.54) is 12.5 Å². The van der Waals surface area contributed by atoms with Crippen molar-refractivity contribution in [2.45, 2.75) is 95.6 Å². The standard InChI is InChI=1S/C29H50N12O9/c1-14(2)6-7-22(45)37-19(9-16-11-34-13-36-16)26(48)40-20(12-42)27(49)41-23(15(3)43)28(50)38-17(5-4-8-35-29(32)33)25(47)39-18(24(31)46)10-21(30)44/h11,13-15,17-20,23,42-43H,4-10,12H2,1-3H3,(H2,30,44)(H2,31,46)(H,34,36)(H,37,45)(H,38,50)(H,39,47)(H,40,48)(H,41,49)(H4,32,33,35). The van der Waals surface area contributed by atoms with E-state index in [1.54, 1.807) is 0 Å². The third-order valence-corrected chi connectivity index (χ3v) is 7.10. The SMILES string of the molecule is CC(C)CCC(=O)NC(Cc1cnc[nH]1)C(=O)NC(CO)C(=O)NC(C(=O)NC(CCCN=C(N)N)C(=O)NC(CC(N)=O)C(N)=O)C(C)O. The van der Waals surface area contributed by atoms with Crippen LogP contribution in [0.25, 0.3) is 0 Å². The fraction of sp³-hybridized carbons (Fsp3) is 0.621. The normalized spacial score (nSPS) is 14.5. The number of nitrogens with one attached hydrogen (secondary N) is 6. The lowest BCUT2D eigenvalue weighted by molar-refractivity contribution is -0.137. The maximum absolute atomic E-state index is 13.3. The Balaban J connectivity index is 3.13. The summed E-state index contributed by atoms with van der Waals surface area (Å²) in [7, 11) is 0. The fourth-order valence-electron chi connectivity index (χ4n) is 4.37. The first-order valence-electron chi connectivity index (χ1n) is 15.8. The minimum absolute atomic E-state index is 0.0274. The molecule has 0 aliphatic heterocycles. The summed E-state index contributed by atoms with van der Waals surface area (Å²) in [5, 5.41) is 32.2. The number of amides is 7. The summed E-state index contributed by atoms with van der Waals surface area (Å²) in [6, 6.07) is -7.46. The monoisotopic (exact) mass is 710 g/mol. The van der Waals surface area contributed by atoms with Gasteiger partial charge in [-0.15, -0.1) is 0 Å². The molecule has 0 saturated heterocycles. The smallest absolute Gasteiger partial charge is 0.245 e. The molecule has 1 aromatic rings. The molecular formula is C29H50N12O9. The number of nitrogens with two attached hydrogens (primary N) is 4. The Bertz CT molecular complexity index is 1330. The Labute approximate surface area is 288 Å². The van der Waals surface area contributed by atoms with Crippen LogP contribution in [0.15, 0.2) is 17.5 Å². The number of aromatic amines is 1. The van der Waals surface area contributed by atoms with Crippen LogP contribution >= 0.6 is 0 Å². The van der Waals surface area contributed by atoms with E-state index in [0.717, 1.165) is 6.92 Å². The van der Waals surface area contributed by atoms with Gasteiger partial charge in [-0.05, 0) is 32.1 Å². The summed E-state index contributed by atoms with van der Waals surface area (Å²) in [5.74, 6) is -6.37. The molecule has 1 heterocycles. The first kappa shape index (κ1) is 42.7. The van der Waals surface area contributed by atoms with Crippen LogP contribution in [0.2, 0.25) is 0 Å². The molecule has 0 bridgehead atoms. The van der Waals surface area contributed by atoms with E-state index in [1.807, 2.05) is 13.8 Å². The highest BCUT2D eigenvalue weighted by Gasteiger charge is 2.34. The van der Waals surface area contributed by atoms with Gasteiger partial charge in [-0.2, -0.15) is 0 Å². The van der Waals surface area contributed by atoms with Gasteiger partial charge >= 0.3 is 0 Å². The van der Waals surface area contributed by atoms with Crippen LogP contribution in [0, 0.1) is 5.92 Å². The highest BCUT2D eigenvalue weighted by atomic mass is 16.3. The van der Waals surface area contributed by atoms with Crippen molar-refractivity contribution < 1.29 is 43.8 Å². The van der Waals surface area contributed by atoms with Crippen LogP contribution in [-0.2, 0) is 40.0 Å². The minimum atomic E-state index is -1.73. The number of hydrogen-bond acceptors (Lipinski definition) is 11. The number of carbonyl (C=O) groups excluding carboxylic acids is 7. The van der Waals surface area contributed by atoms with E-state index in [9.17, 15) is 43.8 Å². The Morgan fingerprint density at radius 3 is 1.94 bits per heavy atom. The topological polar surface area (TPSA) is 365 Å². The number of aliphatic imine (C=N–C) groups is 1. The lowest BCUT2D eigenvalue weighted by Crippen LogP contribution is -2.62. The number of carbonyl (C=O) groups is 7. The Kier molecular flexibility index (Phi) is 18.5. The van der Waals surface area contributed by atoms with E-state index in [-0.39, 0.29) is 44.1 Å². The van der Waals surface area contributed by atoms with Gasteiger partial charge in [0.25, 0.3) is 0 Å². The zero-order valence-corrected chi connectivity index (χ0v) is 28.3. The second-order valence-corrected chi connectivity index (χ2v) is 11.9. The van der Waals surface area contributed by atoms with Crippen molar-refractivity contribution in [3.63, 3.8) is 0 Å². The third-order valence-electron chi connectivity index (χ3n) is 7.10. The molecule has 0 radical (unpaired) electrons. The average molecular weight is 711 g/mol. The second-order valence-electron chi connectivity index (χ2n) is 11.9.